The second-order valence-electron chi connectivity index (χ2n) is 8.51. The molecule has 2 aromatic carbocycles. The first-order chi connectivity index (χ1) is 15.9. The van der Waals surface area contributed by atoms with E-state index in [9.17, 15) is 22.0 Å². The molecular weight excluding hydrogens is 450 g/mol. The zero-order chi connectivity index (χ0) is 23.4. The molecule has 1 heterocycles. The molecule has 1 amide bonds. The van der Waals surface area contributed by atoms with Crippen LogP contribution in [0.1, 0.15) is 48.0 Å². The van der Waals surface area contributed by atoms with Gasteiger partial charge in [-0.15, -0.1) is 0 Å². The predicted molar refractivity (Wildman–Crippen MR) is 119 cm³/mol. The molecule has 0 N–H and O–H groups in total. The molecule has 6 nitrogen and oxygen atoms in total. The van der Waals surface area contributed by atoms with Gasteiger partial charge in [0.25, 0.3) is 5.91 Å². The van der Waals surface area contributed by atoms with E-state index in [1.54, 1.807) is 17.0 Å². The van der Waals surface area contributed by atoms with Crippen LogP contribution in [0.15, 0.2) is 47.4 Å². The summed E-state index contributed by atoms with van der Waals surface area (Å²) in [5.74, 6) is -1.60. The van der Waals surface area contributed by atoms with Crippen LogP contribution in [-0.2, 0) is 21.3 Å². The van der Waals surface area contributed by atoms with Gasteiger partial charge in [-0.1, -0.05) is 31.4 Å². The van der Waals surface area contributed by atoms with Crippen LogP contribution in [0.25, 0.3) is 0 Å². The Morgan fingerprint density at radius 1 is 1.00 bits per heavy atom. The van der Waals surface area contributed by atoms with Gasteiger partial charge in [0.05, 0.1) is 13.2 Å². The number of halogens is 2. The van der Waals surface area contributed by atoms with Crippen LogP contribution in [0.2, 0.25) is 0 Å². The summed E-state index contributed by atoms with van der Waals surface area (Å²) in [6.07, 6.45) is 4.78. The number of nitrogens with zero attached hydrogens (tertiary/aromatic N) is 2. The first kappa shape index (κ1) is 23.8. The van der Waals surface area contributed by atoms with Crippen LogP contribution in [0.3, 0.4) is 0 Å². The lowest BCUT2D eigenvalue weighted by Crippen LogP contribution is -2.42. The van der Waals surface area contributed by atoms with E-state index in [0.717, 1.165) is 49.8 Å². The maximum Gasteiger partial charge on any atom is 0.254 e. The fourth-order valence-electron chi connectivity index (χ4n) is 4.47. The number of ether oxygens (including phenoxy) is 1. The molecule has 1 aliphatic carbocycles. The highest BCUT2D eigenvalue weighted by Gasteiger charge is 2.32. The molecule has 2 aromatic rings. The van der Waals surface area contributed by atoms with Gasteiger partial charge in [0, 0.05) is 31.2 Å². The van der Waals surface area contributed by atoms with E-state index < -0.39 is 20.7 Å². The van der Waals surface area contributed by atoms with Crippen molar-refractivity contribution < 1.29 is 26.7 Å². The number of benzene rings is 2. The van der Waals surface area contributed by atoms with Gasteiger partial charge in [-0.2, -0.15) is 4.31 Å². The maximum atomic E-state index is 14.6. The average Bonchev–Trinajstić information content (AvgIpc) is 2.84. The minimum Gasteiger partial charge on any atom is -0.379 e. The molecule has 1 aliphatic heterocycles. The van der Waals surface area contributed by atoms with Crippen molar-refractivity contribution in [1.82, 2.24) is 9.21 Å². The Morgan fingerprint density at radius 3 is 2.33 bits per heavy atom. The second kappa shape index (κ2) is 10.3. The van der Waals surface area contributed by atoms with Gasteiger partial charge in [0.2, 0.25) is 10.0 Å². The predicted octanol–water partition coefficient (Wildman–Crippen LogP) is 3.96. The molecule has 33 heavy (non-hydrogen) atoms. The average molecular weight is 479 g/mol. The van der Waals surface area contributed by atoms with E-state index in [1.807, 2.05) is 0 Å². The van der Waals surface area contributed by atoms with Crippen LogP contribution in [0, 0.1) is 11.6 Å². The van der Waals surface area contributed by atoms with E-state index in [2.05, 4.69) is 0 Å². The van der Waals surface area contributed by atoms with Crippen molar-refractivity contribution in [2.24, 2.45) is 0 Å². The number of amides is 1. The largest absolute Gasteiger partial charge is 0.379 e. The van der Waals surface area contributed by atoms with E-state index in [1.165, 1.54) is 22.5 Å². The van der Waals surface area contributed by atoms with Crippen molar-refractivity contribution in [3.63, 3.8) is 0 Å². The first-order valence-electron chi connectivity index (χ1n) is 11.3. The fourth-order valence-corrected chi connectivity index (χ4v) is 5.97. The Labute approximate surface area is 193 Å². The van der Waals surface area contributed by atoms with Crippen molar-refractivity contribution in [3.05, 3.63) is 65.2 Å². The summed E-state index contributed by atoms with van der Waals surface area (Å²) in [6.45, 7) is 1.03. The molecule has 2 aliphatic rings. The third kappa shape index (κ3) is 5.42. The van der Waals surface area contributed by atoms with Crippen LogP contribution in [0.5, 0.6) is 0 Å². The minimum atomic E-state index is -4.10. The molecule has 9 heteroatoms. The SMILES string of the molecule is O=C(c1ccc(F)c(S(=O)(=O)N2CCOCC2)c1)N(Cc1ccc(F)cc1)C1CCCCC1. The lowest BCUT2D eigenvalue weighted by Gasteiger charge is -2.35. The van der Waals surface area contributed by atoms with E-state index in [0.29, 0.717) is 0 Å². The topological polar surface area (TPSA) is 66.9 Å². The summed E-state index contributed by atoms with van der Waals surface area (Å²) in [5.41, 5.74) is 0.898. The Kier molecular flexibility index (Phi) is 7.41. The van der Waals surface area contributed by atoms with Crippen LogP contribution in [0.4, 0.5) is 8.78 Å². The lowest BCUT2D eigenvalue weighted by atomic mass is 9.93. The number of sulfonamides is 1. The maximum absolute atomic E-state index is 14.6. The highest BCUT2D eigenvalue weighted by atomic mass is 32.2. The normalized spacial score (nSPS) is 18.2. The smallest absolute Gasteiger partial charge is 0.254 e. The van der Waals surface area contributed by atoms with Crippen molar-refractivity contribution in [2.75, 3.05) is 26.3 Å². The Bertz CT molecular complexity index is 1080. The van der Waals surface area contributed by atoms with Crippen molar-refractivity contribution in [2.45, 2.75) is 49.6 Å². The van der Waals surface area contributed by atoms with Crippen molar-refractivity contribution in [1.29, 1.82) is 0 Å². The third-order valence-electron chi connectivity index (χ3n) is 6.31. The molecule has 0 atom stereocenters. The van der Waals surface area contributed by atoms with Gasteiger partial charge < -0.3 is 9.64 Å². The summed E-state index contributed by atoms with van der Waals surface area (Å²) in [6, 6.07) is 9.47. The molecule has 0 bridgehead atoms. The Hall–Kier alpha value is -2.36. The zero-order valence-electron chi connectivity index (χ0n) is 18.4. The molecule has 2 fully saturated rings. The van der Waals surface area contributed by atoms with Crippen LogP contribution >= 0.6 is 0 Å². The number of carbonyl (C=O) groups excluding carboxylic acids is 1. The third-order valence-corrected chi connectivity index (χ3v) is 8.22. The zero-order valence-corrected chi connectivity index (χ0v) is 19.2. The monoisotopic (exact) mass is 478 g/mol. The molecule has 0 radical (unpaired) electrons. The molecule has 1 saturated heterocycles. The molecule has 0 aromatic heterocycles. The van der Waals surface area contributed by atoms with Gasteiger partial charge >= 0.3 is 0 Å². The number of morpholine rings is 1. The van der Waals surface area contributed by atoms with E-state index in [-0.39, 0.29) is 56.2 Å². The second-order valence-corrected chi connectivity index (χ2v) is 10.4. The van der Waals surface area contributed by atoms with Gasteiger partial charge in [0.15, 0.2) is 0 Å². The minimum absolute atomic E-state index is 0.0133. The van der Waals surface area contributed by atoms with E-state index >= 15 is 0 Å². The molecular formula is C24H28F2N2O4S. The van der Waals surface area contributed by atoms with Crippen LogP contribution < -0.4 is 0 Å². The molecule has 1 saturated carbocycles. The Morgan fingerprint density at radius 2 is 1.67 bits per heavy atom. The number of carbonyl (C=O) groups is 1. The standard InChI is InChI=1S/C24H28F2N2O4S/c25-20-9-6-18(7-10-20)17-28(21-4-2-1-3-5-21)24(29)19-8-11-22(26)23(16-19)33(30,31)27-12-14-32-15-13-27/h6-11,16,21H,1-5,12-15,17H2. The number of hydrogen-bond donors (Lipinski definition) is 0. The summed E-state index contributed by atoms with van der Waals surface area (Å²) in [4.78, 5) is 14.8. The van der Waals surface area contributed by atoms with Gasteiger partial charge in [-0.05, 0) is 48.7 Å². The molecule has 178 valence electrons. The quantitative estimate of drug-likeness (QED) is 0.630. The molecule has 4 rings (SSSR count). The van der Waals surface area contributed by atoms with Crippen molar-refractivity contribution in [3.8, 4) is 0 Å². The highest BCUT2D eigenvalue weighted by Crippen LogP contribution is 2.28. The van der Waals surface area contributed by atoms with E-state index in [4.69, 9.17) is 4.74 Å². The summed E-state index contributed by atoms with van der Waals surface area (Å²) >= 11 is 0. The summed E-state index contributed by atoms with van der Waals surface area (Å²) < 4.78 is 60.5. The van der Waals surface area contributed by atoms with Gasteiger partial charge in [0.1, 0.15) is 16.5 Å². The van der Waals surface area contributed by atoms with Crippen LogP contribution in [-0.4, -0.2) is 55.9 Å². The Balaban J connectivity index is 1.65. The van der Waals surface area contributed by atoms with Crippen molar-refractivity contribution >= 4 is 15.9 Å². The highest BCUT2D eigenvalue weighted by molar-refractivity contribution is 7.89. The number of hydrogen-bond acceptors (Lipinski definition) is 4. The first-order valence-corrected chi connectivity index (χ1v) is 12.7. The molecule has 0 unspecified atom stereocenters. The fraction of sp³-hybridized carbons (Fsp3) is 0.458. The van der Waals surface area contributed by atoms with Gasteiger partial charge in [-0.3, -0.25) is 4.79 Å². The number of rotatable bonds is 6. The van der Waals surface area contributed by atoms with Gasteiger partial charge in [-0.25, -0.2) is 17.2 Å². The molecule has 0 spiro atoms. The summed E-state index contributed by atoms with van der Waals surface area (Å²) in [5, 5.41) is 0. The summed E-state index contributed by atoms with van der Waals surface area (Å²) in [7, 11) is -4.10. The lowest BCUT2D eigenvalue weighted by molar-refractivity contribution is 0.0613.